The molecule has 124 valence electrons. The predicted molar refractivity (Wildman–Crippen MR) is 95.0 cm³/mol. The molecule has 2 aromatic heterocycles. The smallest absolute Gasteiger partial charge is 0.274 e. The third-order valence-corrected chi connectivity index (χ3v) is 4.31. The van der Waals surface area contributed by atoms with Crippen molar-refractivity contribution in [2.75, 3.05) is 12.4 Å². The molecule has 0 spiro atoms. The average molecular weight is 323 g/mol. The second-order valence-electron chi connectivity index (χ2n) is 5.73. The van der Waals surface area contributed by atoms with E-state index in [0.717, 1.165) is 22.5 Å². The van der Waals surface area contributed by atoms with Gasteiger partial charge in [0.15, 0.2) is 11.4 Å². The SMILES string of the molecule is CCc1nc2c(OC)cccn2c1C(=O)Nc1cccc(C)c1C. The molecule has 5 heteroatoms. The minimum Gasteiger partial charge on any atom is -0.493 e. The average Bonchev–Trinajstić information content (AvgIpc) is 2.97. The molecule has 0 saturated carbocycles. The summed E-state index contributed by atoms with van der Waals surface area (Å²) in [6.07, 6.45) is 2.50. The first kappa shape index (κ1) is 16.1. The Morgan fingerprint density at radius 2 is 2.04 bits per heavy atom. The number of methoxy groups -OCH3 is 1. The van der Waals surface area contributed by atoms with E-state index in [1.54, 1.807) is 11.5 Å². The Balaban J connectivity index is 2.08. The van der Waals surface area contributed by atoms with Crippen molar-refractivity contribution in [1.82, 2.24) is 9.38 Å². The summed E-state index contributed by atoms with van der Waals surface area (Å²) in [4.78, 5) is 17.5. The van der Waals surface area contributed by atoms with Crippen molar-refractivity contribution in [3.63, 3.8) is 0 Å². The molecule has 1 N–H and O–H groups in total. The zero-order valence-corrected chi connectivity index (χ0v) is 14.4. The summed E-state index contributed by atoms with van der Waals surface area (Å²) in [5.41, 5.74) is 4.98. The van der Waals surface area contributed by atoms with Gasteiger partial charge in [-0.1, -0.05) is 19.1 Å². The molecular formula is C19H21N3O2. The lowest BCUT2D eigenvalue weighted by Gasteiger charge is -2.11. The molecule has 0 atom stereocenters. The number of carbonyl (C=O) groups is 1. The number of imidazole rings is 1. The standard InChI is InChI=1S/C19H21N3O2/c1-5-14-17(22-11-7-10-16(24-4)18(22)20-14)19(23)21-15-9-6-8-12(2)13(15)3/h6-11H,5H2,1-4H3,(H,21,23). The van der Waals surface area contributed by atoms with Gasteiger partial charge in [0.2, 0.25) is 0 Å². The van der Waals surface area contributed by atoms with Crippen LogP contribution in [0.4, 0.5) is 5.69 Å². The van der Waals surface area contributed by atoms with Crippen LogP contribution >= 0.6 is 0 Å². The van der Waals surface area contributed by atoms with Crippen LogP contribution in [0.25, 0.3) is 5.65 Å². The molecular weight excluding hydrogens is 302 g/mol. The minimum absolute atomic E-state index is 0.165. The number of nitrogens with one attached hydrogen (secondary N) is 1. The van der Waals surface area contributed by atoms with Gasteiger partial charge in [-0.3, -0.25) is 9.20 Å². The summed E-state index contributed by atoms with van der Waals surface area (Å²) >= 11 is 0. The second kappa shape index (κ2) is 6.35. The number of hydrogen-bond donors (Lipinski definition) is 1. The van der Waals surface area contributed by atoms with Crippen LogP contribution in [0.5, 0.6) is 5.75 Å². The van der Waals surface area contributed by atoms with E-state index < -0.39 is 0 Å². The van der Waals surface area contributed by atoms with Crippen LogP contribution in [0.15, 0.2) is 36.5 Å². The summed E-state index contributed by atoms with van der Waals surface area (Å²) in [7, 11) is 1.60. The number of anilines is 1. The van der Waals surface area contributed by atoms with Gasteiger partial charge >= 0.3 is 0 Å². The lowest BCUT2D eigenvalue weighted by molar-refractivity contribution is 0.102. The molecule has 1 aromatic carbocycles. The number of pyridine rings is 1. The lowest BCUT2D eigenvalue weighted by Crippen LogP contribution is -2.17. The Morgan fingerprint density at radius 3 is 2.75 bits per heavy atom. The van der Waals surface area contributed by atoms with Gasteiger partial charge in [0.25, 0.3) is 5.91 Å². The summed E-state index contributed by atoms with van der Waals surface area (Å²) in [5, 5.41) is 3.02. The van der Waals surface area contributed by atoms with E-state index in [-0.39, 0.29) is 5.91 Å². The second-order valence-corrected chi connectivity index (χ2v) is 5.73. The molecule has 3 aromatic rings. The lowest BCUT2D eigenvalue weighted by atomic mass is 10.1. The van der Waals surface area contributed by atoms with Crippen LogP contribution in [-0.4, -0.2) is 22.4 Å². The fourth-order valence-electron chi connectivity index (χ4n) is 2.80. The maximum Gasteiger partial charge on any atom is 0.274 e. The molecule has 5 nitrogen and oxygen atoms in total. The number of aryl methyl sites for hydroxylation is 2. The first-order valence-electron chi connectivity index (χ1n) is 7.98. The summed E-state index contributed by atoms with van der Waals surface area (Å²) in [6.45, 7) is 6.02. The van der Waals surface area contributed by atoms with E-state index >= 15 is 0 Å². The largest absolute Gasteiger partial charge is 0.493 e. The van der Waals surface area contributed by atoms with Crippen molar-refractivity contribution >= 4 is 17.2 Å². The zero-order valence-electron chi connectivity index (χ0n) is 14.4. The van der Waals surface area contributed by atoms with Crippen LogP contribution < -0.4 is 10.1 Å². The molecule has 3 rings (SSSR count). The highest BCUT2D eigenvalue weighted by atomic mass is 16.5. The maximum absolute atomic E-state index is 12.9. The highest BCUT2D eigenvalue weighted by Crippen LogP contribution is 2.24. The third-order valence-electron chi connectivity index (χ3n) is 4.31. The number of rotatable bonds is 4. The normalized spacial score (nSPS) is 10.8. The molecule has 0 aliphatic heterocycles. The minimum atomic E-state index is -0.165. The van der Waals surface area contributed by atoms with Crippen molar-refractivity contribution < 1.29 is 9.53 Å². The third kappa shape index (κ3) is 2.62. The van der Waals surface area contributed by atoms with Gasteiger partial charge in [-0.25, -0.2) is 4.98 Å². The van der Waals surface area contributed by atoms with Crippen molar-refractivity contribution in [3.05, 3.63) is 59.0 Å². The van der Waals surface area contributed by atoms with Crippen LogP contribution in [0.1, 0.15) is 34.2 Å². The Kier molecular flexibility index (Phi) is 4.25. The molecule has 0 radical (unpaired) electrons. The number of amides is 1. The molecule has 0 saturated heterocycles. The van der Waals surface area contributed by atoms with Gasteiger partial charge in [-0.05, 0) is 49.6 Å². The summed E-state index contributed by atoms with van der Waals surface area (Å²) in [5.74, 6) is 0.485. The molecule has 24 heavy (non-hydrogen) atoms. The van der Waals surface area contributed by atoms with Gasteiger partial charge in [0.05, 0.1) is 12.8 Å². The van der Waals surface area contributed by atoms with Gasteiger partial charge in [0, 0.05) is 11.9 Å². The molecule has 2 heterocycles. The summed E-state index contributed by atoms with van der Waals surface area (Å²) < 4.78 is 7.15. The van der Waals surface area contributed by atoms with Gasteiger partial charge in [-0.15, -0.1) is 0 Å². The molecule has 1 amide bonds. The van der Waals surface area contributed by atoms with Gasteiger partial charge < -0.3 is 10.1 Å². The number of aromatic nitrogens is 2. The Bertz CT molecular complexity index is 912. The van der Waals surface area contributed by atoms with Crippen LogP contribution in [-0.2, 0) is 6.42 Å². The molecule has 0 bridgehead atoms. The molecule has 0 fully saturated rings. The number of hydrogen-bond acceptors (Lipinski definition) is 3. The molecule has 0 aliphatic rings. The van der Waals surface area contributed by atoms with Crippen LogP contribution in [0.2, 0.25) is 0 Å². The van der Waals surface area contributed by atoms with Crippen LogP contribution in [0, 0.1) is 13.8 Å². The highest BCUT2D eigenvalue weighted by molar-refractivity contribution is 6.05. The first-order valence-corrected chi connectivity index (χ1v) is 7.98. The van der Waals surface area contributed by atoms with E-state index in [4.69, 9.17) is 4.74 Å². The monoisotopic (exact) mass is 323 g/mol. The highest BCUT2D eigenvalue weighted by Gasteiger charge is 2.20. The van der Waals surface area contributed by atoms with Crippen molar-refractivity contribution in [2.45, 2.75) is 27.2 Å². The number of nitrogens with zero attached hydrogens (tertiary/aromatic N) is 2. The van der Waals surface area contributed by atoms with Gasteiger partial charge in [-0.2, -0.15) is 0 Å². The predicted octanol–water partition coefficient (Wildman–Crippen LogP) is 3.77. The number of carbonyl (C=O) groups excluding carboxylic acids is 1. The number of fused-ring (bicyclic) bond motifs is 1. The fraction of sp³-hybridized carbons (Fsp3) is 0.263. The Hall–Kier alpha value is -2.82. The van der Waals surface area contributed by atoms with Crippen LogP contribution in [0.3, 0.4) is 0 Å². The maximum atomic E-state index is 12.9. The topological polar surface area (TPSA) is 55.6 Å². The molecule has 0 aliphatic carbocycles. The van der Waals surface area contributed by atoms with Crippen molar-refractivity contribution in [2.24, 2.45) is 0 Å². The van der Waals surface area contributed by atoms with E-state index in [1.165, 1.54) is 0 Å². The fourth-order valence-corrected chi connectivity index (χ4v) is 2.80. The van der Waals surface area contributed by atoms with E-state index in [1.807, 2.05) is 57.3 Å². The van der Waals surface area contributed by atoms with E-state index in [0.29, 0.717) is 23.5 Å². The van der Waals surface area contributed by atoms with Crippen molar-refractivity contribution in [1.29, 1.82) is 0 Å². The summed E-state index contributed by atoms with van der Waals surface area (Å²) in [6, 6.07) is 9.57. The quantitative estimate of drug-likeness (QED) is 0.795. The van der Waals surface area contributed by atoms with E-state index in [9.17, 15) is 4.79 Å². The van der Waals surface area contributed by atoms with Crippen molar-refractivity contribution in [3.8, 4) is 5.75 Å². The number of ether oxygens (including phenoxy) is 1. The first-order chi connectivity index (χ1) is 11.6. The number of benzene rings is 1. The molecule has 0 unspecified atom stereocenters. The van der Waals surface area contributed by atoms with Gasteiger partial charge in [0.1, 0.15) is 5.69 Å². The van der Waals surface area contributed by atoms with E-state index in [2.05, 4.69) is 10.3 Å². The Morgan fingerprint density at radius 1 is 1.25 bits per heavy atom. The Labute approximate surface area is 141 Å². The zero-order chi connectivity index (χ0) is 17.3.